The van der Waals surface area contributed by atoms with Crippen molar-refractivity contribution in [2.24, 2.45) is 34.7 Å². The van der Waals surface area contributed by atoms with E-state index in [1.807, 2.05) is 6.07 Å². The van der Waals surface area contributed by atoms with E-state index in [-0.39, 0.29) is 45.3 Å². The number of H-pyrrole nitrogens is 1. The Morgan fingerprint density at radius 1 is 0.980 bits per heavy atom. The minimum absolute atomic E-state index is 0.105. The van der Waals surface area contributed by atoms with Crippen molar-refractivity contribution in [1.29, 1.82) is 0 Å². The van der Waals surface area contributed by atoms with Crippen molar-refractivity contribution in [3.8, 4) is 5.75 Å². The number of primary sulfonamides is 1. The van der Waals surface area contributed by atoms with Crippen molar-refractivity contribution in [2.45, 2.75) is 33.7 Å². The highest BCUT2D eigenvalue weighted by Crippen LogP contribution is 2.69. The molecule has 2 aliphatic carbocycles. The number of sulfonamides is 1. The van der Waals surface area contributed by atoms with E-state index in [1.165, 1.54) is 48.2 Å². The highest BCUT2D eigenvalue weighted by Gasteiger charge is 2.70. The molecule has 0 spiro atoms. The van der Waals surface area contributed by atoms with Gasteiger partial charge in [0.05, 0.1) is 33.0 Å². The number of amides is 3. The van der Waals surface area contributed by atoms with Crippen LogP contribution >= 0.6 is 23.1 Å². The lowest BCUT2D eigenvalue weighted by molar-refractivity contribution is -0.137. The maximum atomic E-state index is 14.0. The van der Waals surface area contributed by atoms with Crippen LogP contribution in [0, 0.1) is 29.6 Å². The van der Waals surface area contributed by atoms with Crippen molar-refractivity contribution >= 4 is 62.2 Å². The largest absolute Gasteiger partial charge is 0.484 e. The second-order valence-electron chi connectivity index (χ2n) is 13.0. The molecule has 264 valence electrons. The van der Waals surface area contributed by atoms with Crippen LogP contribution in [0.1, 0.15) is 28.3 Å². The van der Waals surface area contributed by atoms with Gasteiger partial charge >= 0.3 is 11.0 Å². The monoisotopic (exact) mass is 756 g/mol. The predicted molar refractivity (Wildman–Crippen MR) is 181 cm³/mol. The number of anilines is 2. The summed E-state index contributed by atoms with van der Waals surface area (Å²) in [5, 5.41) is 8.22. The molecule has 6 unspecified atom stereocenters. The number of imide groups is 1. The average molecular weight is 757 g/mol. The van der Waals surface area contributed by atoms with Crippen molar-refractivity contribution in [2.75, 3.05) is 16.8 Å². The van der Waals surface area contributed by atoms with Gasteiger partial charge in [-0.05, 0) is 78.3 Å². The summed E-state index contributed by atoms with van der Waals surface area (Å²) in [4.78, 5) is 57.3. The maximum absolute atomic E-state index is 14.0. The summed E-state index contributed by atoms with van der Waals surface area (Å²) >= 11 is 2.51. The number of ether oxygens (including phenoxy) is 1. The standard InChI is InChI=1S/C34H27F3N4O7S3/c35-34(36,37)21-6-1-2-7-22(21)41-31(43)26-19-13-20(27(26)32(41)44)28-25(19)24(29-30(49-28)40-33(45)50-29)15-4-3-5-17(12-15)48-14-23(42)39-16-8-10-18(11-9-16)51(38,46)47/h1-12,19-20,24-28H,13-14H2,(H,39,42)(H,40,45)(H2,38,46,47)/t19?,20?,24-,25?,26?,27?,28?/m1/s1. The molecule has 3 heterocycles. The molecule has 11 nitrogen and oxygen atoms in total. The number of para-hydroxylation sites is 1. The Bertz CT molecular complexity index is 2270. The summed E-state index contributed by atoms with van der Waals surface area (Å²) in [6, 6.07) is 17.0. The fourth-order valence-corrected chi connectivity index (χ4v) is 11.8. The van der Waals surface area contributed by atoms with Gasteiger partial charge in [0.25, 0.3) is 5.91 Å². The van der Waals surface area contributed by atoms with Crippen LogP contribution in [0.4, 0.5) is 24.5 Å². The zero-order valence-electron chi connectivity index (χ0n) is 26.1. The maximum Gasteiger partial charge on any atom is 0.418 e. The van der Waals surface area contributed by atoms with Gasteiger partial charge in [-0.3, -0.25) is 19.2 Å². The molecule has 1 saturated heterocycles. The number of fused-ring (bicyclic) bond motifs is 9. The van der Waals surface area contributed by atoms with Crippen LogP contribution in [0.25, 0.3) is 0 Å². The van der Waals surface area contributed by atoms with Crippen LogP contribution in [-0.4, -0.2) is 43.0 Å². The van der Waals surface area contributed by atoms with E-state index in [1.54, 1.807) is 18.2 Å². The first-order chi connectivity index (χ1) is 24.2. The van der Waals surface area contributed by atoms with E-state index in [4.69, 9.17) is 9.88 Å². The van der Waals surface area contributed by atoms with E-state index in [0.29, 0.717) is 22.9 Å². The molecule has 8 rings (SSSR count). The Kier molecular flexibility index (Phi) is 7.97. The molecule has 51 heavy (non-hydrogen) atoms. The molecule has 3 amide bonds. The van der Waals surface area contributed by atoms with Gasteiger partial charge in [-0.2, -0.15) is 13.2 Å². The van der Waals surface area contributed by atoms with Crippen molar-refractivity contribution in [1.82, 2.24) is 4.98 Å². The molecule has 4 aliphatic rings. The fraction of sp³-hybridized carbons (Fsp3) is 0.294. The number of nitrogens with two attached hydrogens (primary N) is 1. The third-order valence-electron chi connectivity index (χ3n) is 10.2. The SMILES string of the molecule is NS(=O)(=O)c1ccc(NC(=O)COc2cccc([C@H]3c4sc(=O)[nH]c4SC4C5CC(C6C(=O)N(c7ccccc7C(F)(F)F)C(=O)C56)C43)c2)cc1. The Morgan fingerprint density at radius 2 is 1.69 bits per heavy atom. The first-order valence-corrected chi connectivity index (χ1v) is 19.0. The Morgan fingerprint density at radius 3 is 2.39 bits per heavy atom. The number of carbonyl (C=O) groups is 3. The summed E-state index contributed by atoms with van der Waals surface area (Å²) in [5.41, 5.74) is -0.411. The van der Waals surface area contributed by atoms with Crippen LogP contribution in [-0.2, 0) is 30.6 Å². The summed E-state index contributed by atoms with van der Waals surface area (Å²) in [7, 11) is -3.89. The first kappa shape index (κ1) is 33.7. The number of nitrogens with zero attached hydrogens (tertiary/aromatic N) is 1. The molecule has 7 atom stereocenters. The van der Waals surface area contributed by atoms with Gasteiger partial charge in [-0.15, -0.1) is 11.8 Å². The van der Waals surface area contributed by atoms with Gasteiger partial charge in [0.1, 0.15) is 5.75 Å². The molecule has 0 radical (unpaired) electrons. The van der Waals surface area contributed by atoms with Gasteiger partial charge in [0.15, 0.2) is 6.61 Å². The van der Waals surface area contributed by atoms with Crippen LogP contribution in [0.15, 0.2) is 87.5 Å². The van der Waals surface area contributed by atoms with Gasteiger partial charge in [-0.25, -0.2) is 18.5 Å². The number of hydrogen-bond acceptors (Lipinski definition) is 9. The summed E-state index contributed by atoms with van der Waals surface area (Å²) < 4.78 is 70.8. The first-order valence-electron chi connectivity index (χ1n) is 15.8. The molecule has 2 bridgehead atoms. The lowest BCUT2D eigenvalue weighted by Crippen LogP contribution is -2.42. The molecular formula is C34H27F3N4O7S3. The second kappa shape index (κ2) is 12.1. The molecule has 3 aromatic carbocycles. The van der Waals surface area contributed by atoms with Gasteiger partial charge in [0.2, 0.25) is 21.8 Å². The summed E-state index contributed by atoms with van der Waals surface area (Å²) in [6.45, 7) is -0.379. The van der Waals surface area contributed by atoms with Gasteiger partial charge in [0, 0.05) is 21.7 Å². The van der Waals surface area contributed by atoms with Crippen molar-refractivity contribution in [3.05, 3.63) is 98.5 Å². The molecule has 1 aromatic heterocycles. The Labute approximate surface area is 296 Å². The number of aromatic nitrogens is 1. The predicted octanol–water partition coefficient (Wildman–Crippen LogP) is 4.80. The molecule has 3 fully saturated rings. The number of halogens is 3. The highest BCUT2D eigenvalue weighted by atomic mass is 32.2. The van der Waals surface area contributed by atoms with Crippen molar-refractivity contribution in [3.63, 3.8) is 0 Å². The molecule has 2 aliphatic heterocycles. The molecule has 17 heteroatoms. The number of thioether (sulfide) groups is 1. The van der Waals surface area contributed by atoms with Gasteiger partial charge in [-0.1, -0.05) is 35.6 Å². The van der Waals surface area contributed by atoms with E-state index in [9.17, 15) is 40.8 Å². The van der Waals surface area contributed by atoms with Crippen LogP contribution in [0.5, 0.6) is 5.75 Å². The van der Waals surface area contributed by atoms with Crippen molar-refractivity contribution < 1.29 is 40.7 Å². The minimum Gasteiger partial charge on any atom is -0.484 e. The zero-order valence-corrected chi connectivity index (χ0v) is 28.6. The number of benzene rings is 3. The fourth-order valence-electron chi connectivity index (χ4n) is 8.41. The smallest absolute Gasteiger partial charge is 0.418 e. The molecule has 4 aromatic rings. The zero-order chi connectivity index (χ0) is 36.0. The number of hydrogen-bond donors (Lipinski definition) is 3. The van der Waals surface area contributed by atoms with Crippen LogP contribution in [0.2, 0.25) is 0 Å². The van der Waals surface area contributed by atoms with Gasteiger partial charge < -0.3 is 15.0 Å². The Balaban J connectivity index is 1.06. The van der Waals surface area contributed by atoms with E-state index in [2.05, 4.69) is 10.3 Å². The topological polar surface area (TPSA) is 169 Å². The normalized spacial score (nSPS) is 26.5. The quantitative estimate of drug-likeness (QED) is 0.226. The summed E-state index contributed by atoms with van der Waals surface area (Å²) in [5.74, 6) is -4.20. The third-order valence-corrected chi connectivity index (χ3v) is 13.7. The Hall–Kier alpha value is -4.45. The minimum atomic E-state index is -4.77. The number of alkyl halides is 3. The molecule has 2 saturated carbocycles. The summed E-state index contributed by atoms with van der Waals surface area (Å²) in [6.07, 6.45) is -4.22. The number of thiazole rings is 1. The second-order valence-corrected chi connectivity index (χ2v) is 16.7. The highest BCUT2D eigenvalue weighted by molar-refractivity contribution is 8.00. The number of carbonyl (C=O) groups excluding carboxylic acids is 3. The van der Waals surface area contributed by atoms with Crippen LogP contribution in [0.3, 0.4) is 0 Å². The van der Waals surface area contributed by atoms with E-state index in [0.717, 1.165) is 38.8 Å². The number of aromatic amines is 1. The van der Waals surface area contributed by atoms with E-state index < -0.39 is 57.0 Å². The average Bonchev–Trinajstić information content (AvgIpc) is 3.82. The van der Waals surface area contributed by atoms with Crippen LogP contribution < -0.4 is 25.0 Å². The lowest BCUT2D eigenvalue weighted by atomic mass is 9.68. The van der Waals surface area contributed by atoms with E-state index >= 15 is 0 Å². The molecular weight excluding hydrogens is 730 g/mol. The molecule has 4 N–H and O–H groups in total. The number of rotatable bonds is 7. The lowest BCUT2D eigenvalue weighted by Gasteiger charge is -2.43. The third kappa shape index (κ3) is 5.66. The number of nitrogens with one attached hydrogen (secondary N) is 2.